The van der Waals surface area contributed by atoms with E-state index in [1.54, 1.807) is 6.92 Å². The van der Waals surface area contributed by atoms with Crippen LogP contribution in [-0.2, 0) is 9.53 Å². The first kappa shape index (κ1) is 16.5. The van der Waals surface area contributed by atoms with Crippen molar-refractivity contribution in [2.24, 2.45) is 0 Å². The minimum atomic E-state index is -0.548. The van der Waals surface area contributed by atoms with Crippen LogP contribution in [0.4, 0.5) is 0 Å². The Hall–Kier alpha value is -3.32. The fourth-order valence-corrected chi connectivity index (χ4v) is 2.65. The lowest BCUT2D eigenvalue weighted by Crippen LogP contribution is -2.00. The number of para-hydroxylation sites is 1. The van der Waals surface area contributed by atoms with Gasteiger partial charge < -0.3 is 4.74 Å². The summed E-state index contributed by atoms with van der Waals surface area (Å²) in [5, 5.41) is 0. The Bertz CT molecular complexity index is 933. The number of rotatable bonds is 3. The first-order chi connectivity index (χ1) is 12.2. The Kier molecular flexibility index (Phi) is 4.96. The van der Waals surface area contributed by atoms with E-state index in [1.165, 1.54) is 0 Å². The van der Waals surface area contributed by atoms with Gasteiger partial charge in [0.05, 0.1) is 12.3 Å². The number of carbonyl (C=O) groups excluding carboxylic acids is 1. The second kappa shape index (κ2) is 7.50. The highest BCUT2D eigenvalue weighted by molar-refractivity contribution is 5.89. The molecule has 124 valence electrons. The first-order valence-electron chi connectivity index (χ1n) is 8.09. The first-order valence-corrected chi connectivity index (χ1v) is 8.09. The van der Waals surface area contributed by atoms with Crippen molar-refractivity contribution in [2.75, 3.05) is 6.61 Å². The summed E-state index contributed by atoms with van der Waals surface area (Å²) in [7, 11) is 0. The molecule has 0 unspecified atom stereocenters. The van der Waals surface area contributed by atoms with E-state index < -0.39 is 5.97 Å². The summed E-state index contributed by atoms with van der Waals surface area (Å²) in [5.74, 6) is 5.64. The number of aromatic nitrogens is 2. The molecule has 25 heavy (non-hydrogen) atoms. The second-order valence-corrected chi connectivity index (χ2v) is 5.36. The zero-order valence-corrected chi connectivity index (χ0v) is 14.2. The summed E-state index contributed by atoms with van der Waals surface area (Å²) in [6.45, 7) is 3.98. The Morgan fingerprint density at radius 2 is 1.72 bits per heavy atom. The van der Waals surface area contributed by atoms with Gasteiger partial charge in [-0.05, 0) is 31.9 Å². The van der Waals surface area contributed by atoms with E-state index in [1.807, 2.05) is 72.2 Å². The fraction of sp³-hybridized carbons (Fsp3) is 0.143. The second-order valence-electron chi connectivity index (χ2n) is 5.36. The van der Waals surface area contributed by atoms with Gasteiger partial charge in [-0.15, -0.1) is 0 Å². The number of ether oxygens (including phenoxy) is 1. The van der Waals surface area contributed by atoms with Gasteiger partial charge in [0.2, 0.25) is 0 Å². The average Bonchev–Trinajstić information content (AvgIpc) is 2.98. The molecule has 1 aromatic heterocycles. The largest absolute Gasteiger partial charge is 0.456 e. The monoisotopic (exact) mass is 330 g/mol. The molecular formula is C21H18N2O2. The van der Waals surface area contributed by atoms with Crippen LogP contribution in [0, 0.1) is 18.8 Å². The summed E-state index contributed by atoms with van der Waals surface area (Å²) in [6, 6.07) is 19.9. The van der Waals surface area contributed by atoms with Crippen LogP contribution in [0.25, 0.3) is 16.9 Å². The van der Waals surface area contributed by atoms with Gasteiger partial charge in [-0.3, -0.25) is 4.57 Å². The topological polar surface area (TPSA) is 44.1 Å². The van der Waals surface area contributed by atoms with Gasteiger partial charge in [-0.25, -0.2) is 9.78 Å². The van der Waals surface area contributed by atoms with E-state index in [2.05, 4.69) is 16.8 Å². The summed E-state index contributed by atoms with van der Waals surface area (Å²) < 4.78 is 6.93. The summed E-state index contributed by atoms with van der Waals surface area (Å²) in [6.07, 6.45) is 0. The van der Waals surface area contributed by atoms with Crippen molar-refractivity contribution < 1.29 is 9.53 Å². The van der Waals surface area contributed by atoms with Gasteiger partial charge in [-0.1, -0.05) is 48.5 Å². The highest BCUT2D eigenvalue weighted by atomic mass is 16.5. The van der Waals surface area contributed by atoms with Crippen LogP contribution in [0.3, 0.4) is 0 Å². The maximum atomic E-state index is 11.6. The molecule has 0 aliphatic heterocycles. The molecule has 4 heteroatoms. The number of hydrogen-bond donors (Lipinski definition) is 0. The minimum Gasteiger partial charge on any atom is -0.456 e. The number of benzene rings is 2. The number of nitrogens with zero attached hydrogens (tertiary/aromatic N) is 2. The average molecular weight is 330 g/mol. The van der Waals surface area contributed by atoms with Crippen LogP contribution in [-0.4, -0.2) is 22.1 Å². The molecule has 0 aliphatic rings. The zero-order chi connectivity index (χ0) is 17.6. The summed E-state index contributed by atoms with van der Waals surface area (Å²) in [4.78, 5) is 16.2. The highest BCUT2D eigenvalue weighted by Gasteiger charge is 2.16. The molecule has 0 aliphatic carbocycles. The van der Waals surface area contributed by atoms with Crippen LogP contribution in [0.1, 0.15) is 18.4 Å². The van der Waals surface area contributed by atoms with Crippen molar-refractivity contribution >= 4 is 5.97 Å². The predicted molar refractivity (Wildman–Crippen MR) is 97.2 cm³/mol. The summed E-state index contributed by atoms with van der Waals surface area (Å²) in [5.41, 5.74) is 3.40. The van der Waals surface area contributed by atoms with Crippen LogP contribution in [0.2, 0.25) is 0 Å². The lowest BCUT2D eigenvalue weighted by atomic mass is 10.1. The molecule has 4 nitrogen and oxygen atoms in total. The molecule has 0 N–H and O–H groups in total. The number of imidazole rings is 1. The maximum Gasteiger partial charge on any atom is 0.384 e. The molecule has 3 rings (SSSR count). The third kappa shape index (κ3) is 3.61. The SMILES string of the molecule is CCOC(=O)C#Cc1nc(C)n(-c2ccccc2)c1-c1ccccc1. The molecule has 0 amide bonds. The maximum absolute atomic E-state index is 11.6. The van der Waals surface area contributed by atoms with Crippen molar-refractivity contribution in [3.05, 3.63) is 72.2 Å². The predicted octanol–water partition coefficient (Wildman–Crippen LogP) is 3.76. The van der Waals surface area contributed by atoms with E-state index in [9.17, 15) is 4.79 Å². The van der Waals surface area contributed by atoms with Crippen molar-refractivity contribution in [2.45, 2.75) is 13.8 Å². The standard InChI is InChI=1S/C21H18N2O2/c1-3-25-20(24)15-14-19-21(17-10-6-4-7-11-17)23(16(2)22-19)18-12-8-5-9-13-18/h4-13H,3H2,1-2H3. The van der Waals surface area contributed by atoms with Gasteiger partial charge in [0.25, 0.3) is 0 Å². The number of esters is 1. The van der Waals surface area contributed by atoms with Crippen molar-refractivity contribution in [1.82, 2.24) is 9.55 Å². The summed E-state index contributed by atoms with van der Waals surface area (Å²) >= 11 is 0. The molecule has 0 saturated carbocycles. The number of hydrogen-bond acceptors (Lipinski definition) is 3. The molecule has 2 aromatic carbocycles. The van der Waals surface area contributed by atoms with E-state index >= 15 is 0 Å². The fourth-order valence-electron chi connectivity index (χ4n) is 2.65. The molecule has 0 fully saturated rings. The van der Waals surface area contributed by atoms with Crippen LogP contribution >= 0.6 is 0 Å². The zero-order valence-electron chi connectivity index (χ0n) is 14.2. The van der Waals surface area contributed by atoms with Crippen molar-refractivity contribution in [3.8, 4) is 28.8 Å². The van der Waals surface area contributed by atoms with Gasteiger partial charge in [0.15, 0.2) is 0 Å². The third-order valence-corrected chi connectivity index (χ3v) is 3.67. The van der Waals surface area contributed by atoms with E-state index in [0.717, 1.165) is 22.8 Å². The molecule has 1 heterocycles. The lowest BCUT2D eigenvalue weighted by Gasteiger charge is -2.10. The van der Waals surface area contributed by atoms with Crippen molar-refractivity contribution in [3.63, 3.8) is 0 Å². The van der Waals surface area contributed by atoms with Gasteiger partial charge >= 0.3 is 5.97 Å². The molecular weight excluding hydrogens is 312 g/mol. The van der Waals surface area contributed by atoms with Gasteiger partial charge in [-0.2, -0.15) is 0 Å². The minimum absolute atomic E-state index is 0.302. The molecule has 0 spiro atoms. The smallest absolute Gasteiger partial charge is 0.384 e. The van der Waals surface area contributed by atoms with E-state index in [4.69, 9.17) is 4.74 Å². The number of carbonyl (C=O) groups is 1. The Morgan fingerprint density at radius 3 is 2.36 bits per heavy atom. The van der Waals surface area contributed by atoms with Crippen LogP contribution in [0.15, 0.2) is 60.7 Å². The normalized spacial score (nSPS) is 10.0. The molecule has 0 saturated heterocycles. The number of aryl methyl sites for hydroxylation is 1. The molecule has 3 aromatic rings. The molecule has 0 bridgehead atoms. The van der Waals surface area contributed by atoms with E-state index in [0.29, 0.717) is 12.3 Å². The Morgan fingerprint density at radius 1 is 1.08 bits per heavy atom. The third-order valence-electron chi connectivity index (χ3n) is 3.67. The lowest BCUT2D eigenvalue weighted by molar-refractivity contribution is -0.136. The van der Waals surface area contributed by atoms with Crippen LogP contribution < -0.4 is 0 Å². The Balaban J connectivity index is 2.18. The Labute approximate surface area is 147 Å². The van der Waals surface area contributed by atoms with Gasteiger partial charge in [0, 0.05) is 17.2 Å². The molecule has 0 atom stereocenters. The van der Waals surface area contributed by atoms with Crippen LogP contribution in [0.5, 0.6) is 0 Å². The van der Waals surface area contributed by atoms with Crippen molar-refractivity contribution in [1.29, 1.82) is 0 Å². The quantitative estimate of drug-likeness (QED) is 0.542. The van der Waals surface area contributed by atoms with E-state index in [-0.39, 0.29) is 0 Å². The van der Waals surface area contributed by atoms with Gasteiger partial charge in [0.1, 0.15) is 11.5 Å². The molecule has 0 radical (unpaired) electrons. The highest BCUT2D eigenvalue weighted by Crippen LogP contribution is 2.28.